The number of imide groups is 2. The molecule has 2 saturated heterocycles. The summed E-state index contributed by atoms with van der Waals surface area (Å²) < 4.78 is 0. The van der Waals surface area contributed by atoms with E-state index in [0.29, 0.717) is 25.9 Å². The van der Waals surface area contributed by atoms with Crippen molar-refractivity contribution in [2.75, 3.05) is 25.1 Å². The van der Waals surface area contributed by atoms with Gasteiger partial charge in [0.25, 0.3) is 0 Å². The lowest BCUT2D eigenvalue weighted by Gasteiger charge is -2.34. The van der Waals surface area contributed by atoms with Crippen molar-refractivity contribution in [3.8, 4) is 0 Å². The van der Waals surface area contributed by atoms with Crippen LogP contribution in [0.5, 0.6) is 0 Å². The van der Waals surface area contributed by atoms with Gasteiger partial charge in [0, 0.05) is 30.5 Å². The van der Waals surface area contributed by atoms with Gasteiger partial charge in [-0.2, -0.15) is 0 Å². The van der Waals surface area contributed by atoms with Gasteiger partial charge >= 0.3 is 17.8 Å². The van der Waals surface area contributed by atoms with Gasteiger partial charge in [-0.3, -0.25) is 19.3 Å². The molecule has 166 valence electrons. The van der Waals surface area contributed by atoms with Crippen LogP contribution in [0.4, 0.5) is 10.5 Å². The normalized spacial score (nSPS) is 29.4. The number of quaternary nitrogens is 1. The molecular formula is C23H31N4O4+. The average molecular weight is 428 g/mol. The van der Waals surface area contributed by atoms with Crippen LogP contribution in [0.2, 0.25) is 0 Å². The maximum absolute atomic E-state index is 13.0. The molecule has 0 unspecified atom stereocenters. The Balaban J connectivity index is 1.32. The fourth-order valence-electron chi connectivity index (χ4n) is 5.07. The van der Waals surface area contributed by atoms with Crippen LogP contribution in [0.25, 0.3) is 0 Å². The van der Waals surface area contributed by atoms with Gasteiger partial charge in [0.05, 0.1) is 13.1 Å². The Bertz CT molecular complexity index is 850. The van der Waals surface area contributed by atoms with Crippen LogP contribution in [0.3, 0.4) is 0 Å². The van der Waals surface area contributed by atoms with Gasteiger partial charge in [-0.05, 0) is 30.9 Å². The lowest BCUT2D eigenvalue weighted by Crippen LogP contribution is -3.14. The molecule has 2 heterocycles. The number of benzene rings is 1. The standard InChI is InChI=1S/C23H30N4O4/c1-16-7-5-6-10-19(16)27-22(30)21(29)26(23(27)31)15-25-13-11-17(12-14-25)20(28)24-18-8-3-2-4-9-18/h2-4,8-9,16-17,19H,5-7,10-15H2,1H3,(H,24,28)/p+1/t16-,19-/m1/s1. The van der Waals surface area contributed by atoms with Crippen molar-refractivity contribution in [2.45, 2.75) is 51.5 Å². The summed E-state index contributed by atoms with van der Waals surface area (Å²) in [5.41, 5.74) is 0.783. The maximum Gasteiger partial charge on any atom is 0.338 e. The molecule has 1 aromatic carbocycles. The van der Waals surface area contributed by atoms with E-state index in [1.54, 1.807) is 0 Å². The highest BCUT2D eigenvalue weighted by atomic mass is 16.2. The zero-order valence-corrected chi connectivity index (χ0v) is 18.0. The number of nitrogens with zero attached hydrogens (tertiary/aromatic N) is 2. The minimum atomic E-state index is -0.709. The summed E-state index contributed by atoms with van der Waals surface area (Å²) in [5.74, 6) is -1.25. The quantitative estimate of drug-likeness (QED) is 0.547. The van der Waals surface area contributed by atoms with Gasteiger partial charge < -0.3 is 10.2 Å². The number of rotatable bonds is 5. The molecule has 1 saturated carbocycles. The van der Waals surface area contributed by atoms with Crippen LogP contribution >= 0.6 is 0 Å². The number of likely N-dealkylation sites (tertiary alicyclic amines) is 1. The second kappa shape index (κ2) is 9.18. The van der Waals surface area contributed by atoms with Crippen molar-refractivity contribution in [1.82, 2.24) is 9.80 Å². The first-order valence-electron chi connectivity index (χ1n) is 11.3. The van der Waals surface area contributed by atoms with Gasteiger partial charge in [-0.25, -0.2) is 9.69 Å². The third-order valence-electron chi connectivity index (χ3n) is 6.97. The van der Waals surface area contributed by atoms with Crippen LogP contribution in [-0.2, 0) is 14.4 Å². The first kappa shape index (κ1) is 21.5. The number of carbonyl (C=O) groups excluding carboxylic acids is 4. The van der Waals surface area contributed by atoms with E-state index in [-0.39, 0.29) is 30.5 Å². The summed E-state index contributed by atoms with van der Waals surface area (Å²) >= 11 is 0. The van der Waals surface area contributed by atoms with Gasteiger partial charge in [0.2, 0.25) is 5.91 Å². The monoisotopic (exact) mass is 427 g/mol. The van der Waals surface area contributed by atoms with E-state index in [1.807, 2.05) is 37.3 Å². The molecule has 1 aromatic rings. The second-order valence-electron chi connectivity index (χ2n) is 9.06. The van der Waals surface area contributed by atoms with E-state index in [4.69, 9.17) is 0 Å². The Morgan fingerprint density at radius 1 is 1.00 bits per heavy atom. The SMILES string of the molecule is C[C@@H]1CCCC[C@H]1N1C(=O)C(=O)N(C[NH+]2CCC(C(=O)Nc3ccccc3)CC2)C1=O. The molecule has 5 amide bonds. The number of carbonyl (C=O) groups is 4. The van der Waals surface area contributed by atoms with Crippen molar-refractivity contribution in [3.63, 3.8) is 0 Å². The number of anilines is 1. The minimum Gasteiger partial charge on any atom is -0.326 e. The summed E-state index contributed by atoms with van der Waals surface area (Å²) in [6, 6.07) is 8.74. The van der Waals surface area contributed by atoms with E-state index < -0.39 is 17.8 Å². The van der Waals surface area contributed by atoms with Crippen molar-refractivity contribution in [2.24, 2.45) is 11.8 Å². The Morgan fingerprint density at radius 3 is 2.35 bits per heavy atom. The molecule has 1 aliphatic carbocycles. The first-order valence-corrected chi connectivity index (χ1v) is 11.3. The minimum absolute atomic E-state index is 0.00575. The number of urea groups is 1. The molecular weight excluding hydrogens is 396 g/mol. The average Bonchev–Trinajstić information content (AvgIpc) is 2.98. The molecule has 2 atom stereocenters. The number of amides is 5. The largest absolute Gasteiger partial charge is 0.338 e. The zero-order valence-electron chi connectivity index (χ0n) is 18.0. The van der Waals surface area contributed by atoms with E-state index in [1.165, 1.54) is 4.90 Å². The predicted octanol–water partition coefficient (Wildman–Crippen LogP) is 1.25. The summed E-state index contributed by atoms with van der Waals surface area (Å²) in [6.45, 7) is 3.60. The first-order chi connectivity index (χ1) is 15.0. The van der Waals surface area contributed by atoms with Crippen molar-refractivity contribution in [3.05, 3.63) is 30.3 Å². The molecule has 2 N–H and O–H groups in total. The fourth-order valence-corrected chi connectivity index (χ4v) is 5.07. The number of para-hydroxylation sites is 1. The molecule has 0 radical (unpaired) electrons. The van der Waals surface area contributed by atoms with E-state index in [0.717, 1.165) is 41.2 Å². The lowest BCUT2D eigenvalue weighted by atomic mass is 9.85. The molecule has 3 aliphatic rings. The fraction of sp³-hybridized carbons (Fsp3) is 0.565. The summed E-state index contributed by atoms with van der Waals surface area (Å²) in [5, 5.41) is 2.95. The summed E-state index contributed by atoms with van der Waals surface area (Å²) in [7, 11) is 0. The zero-order chi connectivity index (χ0) is 22.0. The van der Waals surface area contributed by atoms with Crippen LogP contribution < -0.4 is 10.2 Å². The second-order valence-corrected chi connectivity index (χ2v) is 9.06. The Hall–Kier alpha value is -2.74. The molecule has 0 bridgehead atoms. The Kier molecular flexibility index (Phi) is 6.36. The number of piperidine rings is 1. The molecule has 0 aromatic heterocycles. The van der Waals surface area contributed by atoms with Crippen LogP contribution in [0, 0.1) is 11.8 Å². The van der Waals surface area contributed by atoms with Crippen molar-refractivity contribution >= 4 is 29.4 Å². The number of hydrogen-bond acceptors (Lipinski definition) is 4. The molecule has 8 nitrogen and oxygen atoms in total. The van der Waals surface area contributed by atoms with Gasteiger partial charge in [0.1, 0.15) is 0 Å². The van der Waals surface area contributed by atoms with Gasteiger partial charge in [-0.1, -0.05) is 38.0 Å². The summed E-state index contributed by atoms with van der Waals surface area (Å²) in [4.78, 5) is 54.0. The van der Waals surface area contributed by atoms with Crippen LogP contribution in [0.15, 0.2) is 30.3 Å². The topological polar surface area (TPSA) is 91.2 Å². The molecule has 3 fully saturated rings. The highest BCUT2D eigenvalue weighted by Gasteiger charge is 2.50. The van der Waals surface area contributed by atoms with Gasteiger partial charge in [-0.15, -0.1) is 0 Å². The number of hydrogen-bond donors (Lipinski definition) is 2. The third-order valence-corrected chi connectivity index (χ3v) is 6.97. The van der Waals surface area contributed by atoms with E-state index in [2.05, 4.69) is 5.32 Å². The summed E-state index contributed by atoms with van der Waals surface area (Å²) in [6.07, 6.45) is 5.18. The van der Waals surface area contributed by atoms with Gasteiger partial charge in [0.15, 0.2) is 6.67 Å². The van der Waals surface area contributed by atoms with Crippen molar-refractivity contribution < 1.29 is 24.1 Å². The third kappa shape index (κ3) is 4.49. The molecule has 8 heteroatoms. The highest BCUT2D eigenvalue weighted by molar-refractivity contribution is 6.44. The van der Waals surface area contributed by atoms with E-state index >= 15 is 0 Å². The van der Waals surface area contributed by atoms with Crippen LogP contribution in [-0.4, -0.2) is 59.4 Å². The molecule has 4 rings (SSSR count). The molecule has 2 aliphatic heterocycles. The maximum atomic E-state index is 13.0. The lowest BCUT2D eigenvalue weighted by molar-refractivity contribution is -0.912. The Morgan fingerprint density at radius 2 is 1.68 bits per heavy atom. The smallest absolute Gasteiger partial charge is 0.326 e. The van der Waals surface area contributed by atoms with Crippen molar-refractivity contribution in [1.29, 1.82) is 0 Å². The highest BCUT2D eigenvalue weighted by Crippen LogP contribution is 2.31. The number of nitrogens with one attached hydrogen (secondary N) is 2. The van der Waals surface area contributed by atoms with E-state index in [9.17, 15) is 19.2 Å². The Labute approximate surface area is 182 Å². The molecule has 31 heavy (non-hydrogen) atoms. The van der Waals surface area contributed by atoms with Crippen LogP contribution in [0.1, 0.15) is 45.4 Å². The molecule has 0 spiro atoms. The predicted molar refractivity (Wildman–Crippen MR) is 114 cm³/mol.